The van der Waals surface area contributed by atoms with Gasteiger partial charge in [0.15, 0.2) is 0 Å². The second kappa shape index (κ2) is 9.68. The fraction of sp³-hybridized carbons (Fsp3) is 0. The molecule has 41 valence electrons. The summed E-state index contributed by atoms with van der Waals surface area (Å²) in [5, 5.41) is 0. The summed E-state index contributed by atoms with van der Waals surface area (Å²) in [6, 6.07) is 0. The van der Waals surface area contributed by atoms with Gasteiger partial charge in [-0.3, -0.25) is 4.21 Å². The molecule has 0 aromatic rings. The van der Waals surface area contributed by atoms with Gasteiger partial charge in [0, 0.05) is 0 Å². The van der Waals surface area contributed by atoms with E-state index in [-0.39, 0.29) is 42.9 Å². The molecular formula is H3CuInO3S. The van der Waals surface area contributed by atoms with E-state index in [1.54, 1.807) is 0 Å². The molecule has 0 heterocycles. The van der Waals surface area contributed by atoms with Crippen molar-refractivity contribution in [1.82, 2.24) is 0 Å². The van der Waals surface area contributed by atoms with Crippen LogP contribution in [0.2, 0.25) is 0 Å². The van der Waals surface area contributed by atoms with Crippen LogP contribution in [0.4, 0.5) is 0 Å². The number of hydrogen-bond acceptors (Lipinski definition) is 3. The molecule has 6 heavy (non-hydrogen) atoms. The van der Waals surface area contributed by atoms with Crippen LogP contribution in [0, 0.1) is 0 Å². The number of rotatable bonds is 0. The molecule has 0 bridgehead atoms. The van der Waals surface area contributed by atoms with E-state index in [9.17, 15) is 0 Å². The third-order valence-corrected chi connectivity index (χ3v) is 0. The summed E-state index contributed by atoms with van der Waals surface area (Å²) < 4.78 is 25.3. The normalized spacial score (nSPS) is 5.83. The molecule has 0 rings (SSSR count). The SMILES string of the molecule is O=S([O-])[O-].[Cu+2].[InH3]. The maximum atomic E-state index is 8.44. The Morgan fingerprint density at radius 1 is 1.33 bits per heavy atom. The Hall–Kier alpha value is 1.46. The van der Waals surface area contributed by atoms with Crippen LogP contribution < -0.4 is 0 Å². The summed E-state index contributed by atoms with van der Waals surface area (Å²) >= 11 is -3.11. The van der Waals surface area contributed by atoms with Crippen LogP contribution in [-0.4, -0.2) is 39.2 Å². The molecule has 6 heteroatoms. The zero-order valence-electron chi connectivity index (χ0n) is 1.93. The topological polar surface area (TPSA) is 63.2 Å². The minimum atomic E-state index is -3.11. The van der Waals surface area contributed by atoms with Gasteiger partial charge in [-0.15, -0.1) is 11.4 Å². The average molecular weight is 261 g/mol. The third-order valence-electron chi connectivity index (χ3n) is 0. The molecule has 0 aromatic heterocycles. The van der Waals surface area contributed by atoms with Crippen LogP contribution in [0.3, 0.4) is 0 Å². The first-order chi connectivity index (χ1) is 1.73. The predicted octanol–water partition coefficient (Wildman–Crippen LogP) is -2.19. The molecule has 0 aliphatic heterocycles. The fourth-order valence-electron chi connectivity index (χ4n) is 0. The van der Waals surface area contributed by atoms with Gasteiger partial charge in [0.25, 0.3) is 0 Å². The summed E-state index contributed by atoms with van der Waals surface area (Å²) in [6.45, 7) is 0. The van der Waals surface area contributed by atoms with E-state index in [0.29, 0.717) is 0 Å². The maximum absolute atomic E-state index is 8.44. The molecule has 0 aliphatic rings. The van der Waals surface area contributed by atoms with Gasteiger partial charge in [-0.25, -0.2) is 0 Å². The second-order valence-corrected chi connectivity index (χ2v) is 0.612. The first-order valence-electron chi connectivity index (χ1n) is 0.500. The van der Waals surface area contributed by atoms with Crippen molar-refractivity contribution >= 4 is 37.2 Å². The Kier molecular flexibility index (Phi) is 25.3. The van der Waals surface area contributed by atoms with Gasteiger partial charge in [0.2, 0.25) is 0 Å². The standard InChI is InChI=1S/Cu.In.H2O3S.3H/c;;1-4(2)3;;;/h;;(H2,1,2,3);;;/q+2;;;;;/p-2. The Labute approximate surface area is 67.3 Å². The molecule has 0 spiro atoms. The van der Waals surface area contributed by atoms with Crippen molar-refractivity contribution in [3.05, 3.63) is 0 Å². The Balaban J connectivity index is -0.0000000450. The van der Waals surface area contributed by atoms with Gasteiger partial charge in [-0.2, -0.15) is 0 Å². The molecule has 0 saturated carbocycles. The van der Waals surface area contributed by atoms with Crippen LogP contribution in [0.25, 0.3) is 0 Å². The van der Waals surface area contributed by atoms with E-state index < -0.39 is 11.4 Å². The molecule has 0 amide bonds. The van der Waals surface area contributed by atoms with Gasteiger partial charge in [-0.1, -0.05) is 0 Å². The summed E-state index contributed by atoms with van der Waals surface area (Å²) in [6.07, 6.45) is 0. The van der Waals surface area contributed by atoms with Crippen LogP contribution in [-0.2, 0) is 28.4 Å². The number of hydrogen-bond donors (Lipinski definition) is 0. The summed E-state index contributed by atoms with van der Waals surface area (Å²) in [4.78, 5) is 0. The third kappa shape index (κ3) is 51.0. The quantitative estimate of drug-likeness (QED) is 0.368. The predicted molar refractivity (Wildman–Crippen MR) is 19.6 cm³/mol. The van der Waals surface area contributed by atoms with Crippen LogP contribution >= 0.6 is 0 Å². The van der Waals surface area contributed by atoms with Crippen LogP contribution in [0.1, 0.15) is 0 Å². The monoisotopic (exact) mass is 261 g/mol. The van der Waals surface area contributed by atoms with Crippen molar-refractivity contribution < 1.29 is 30.4 Å². The molecule has 0 aromatic carbocycles. The summed E-state index contributed by atoms with van der Waals surface area (Å²) in [7, 11) is 0. The summed E-state index contributed by atoms with van der Waals surface area (Å²) in [5.41, 5.74) is 0. The molecule has 0 atom stereocenters. The first-order valence-corrected chi connectivity index (χ1v) is 1.50. The molecule has 3 nitrogen and oxygen atoms in total. The van der Waals surface area contributed by atoms with E-state index in [1.807, 2.05) is 0 Å². The van der Waals surface area contributed by atoms with Gasteiger partial charge in [0.1, 0.15) is 0 Å². The van der Waals surface area contributed by atoms with Crippen molar-refractivity contribution in [2.45, 2.75) is 0 Å². The Morgan fingerprint density at radius 2 is 1.33 bits per heavy atom. The van der Waals surface area contributed by atoms with Crippen LogP contribution in [0.5, 0.6) is 0 Å². The van der Waals surface area contributed by atoms with Crippen molar-refractivity contribution in [1.29, 1.82) is 0 Å². The zero-order valence-corrected chi connectivity index (χ0v) is 3.69. The summed E-state index contributed by atoms with van der Waals surface area (Å²) in [5.74, 6) is 0. The molecule has 0 aliphatic carbocycles. The average Bonchev–Trinajstić information content (AvgIpc) is 0.811. The zero-order chi connectivity index (χ0) is 3.58. The molecule has 0 saturated heterocycles. The van der Waals surface area contributed by atoms with E-state index in [4.69, 9.17) is 13.3 Å². The molecule has 1 radical (unpaired) electrons. The van der Waals surface area contributed by atoms with Gasteiger partial charge >= 0.3 is 42.9 Å². The van der Waals surface area contributed by atoms with Gasteiger partial charge in [0.05, 0.1) is 0 Å². The molecule has 0 fully saturated rings. The Bertz CT molecular complexity index is 33.8. The van der Waals surface area contributed by atoms with Gasteiger partial charge in [-0.05, 0) is 0 Å². The van der Waals surface area contributed by atoms with Crippen molar-refractivity contribution in [2.75, 3.05) is 0 Å². The van der Waals surface area contributed by atoms with Crippen LogP contribution in [0.15, 0.2) is 0 Å². The van der Waals surface area contributed by atoms with E-state index in [2.05, 4.69) is 0 Å². The first kappa shape index (κ1) is 15.7. The van der Waals surface area contributed by atoms with E-state index >= 15 is 0 Å². The minimum absolute atomic E-state index is 0. The van der Waals surface area contributed by atoms with Crippen molar-refractivity contribution in [3.63, 3.8) is 0 Å². The van der Waals surface area contributed by atoms with E-state index in [0.717, 1.165) is 0 Å². The van der Waals surface area contributed by atoms with Crippen molar-refractivity contribution in [2.24, 2.45) is 0 Å². The molecular weight excluding hydrogens is 258 g/mol. The van der Waals surface area contributed by atoms with Crippen molar-refractivity contribution in [3.8, 4) is 0 Å². The molecule has 0 unspecified atom stereocenters. The van der Waals surface area contributed by atoms with E-state index in [1.165, 1.54) is 0 Å². The Morgan fingerprint density at radius 3 is 1.33 bits per heavy atom. The van der Waals surface area contributed by atoms with Gasteiger partial charge < -0.3 is 9.11 Å². The second-order valence-electron chi connectivity index (χ2n) is 0.204. The fourth-order valence-corrected chi connectivity index (χ4v) is 0. The molecule has 0 N–H and O–H groups in total.